The third-order valence-corrected chi connectivity index (χ3v) is 5.25. The minimum absolute atomic E-state index is 0.236. The molecule has 2 aromatic carbocycles. The van der Waals surface area contributed by atoms with Gasteiger partial charge in [0.05, 0.1) is 26.0 Å². The second-order valence-electron chi connectivity index (χ2n) is 7.39. The highest BCUT2D eigenvalue weighted by Gasteiger charge is 2.28. The van der Waals surface area contributed by atoms with Gasteiger partial charge in [0, 0.05) is 24.8 Å². The van der Waals surface area contributed by atoms with Crippen molar-refractivity contribution < 1.29 is 23.8 Å². The summed E-state index contributed by atoms with van der Waals surface area (Å²) < 4.78 is 17.8. The van der Waals surface area contributed by atoms with Crippen LogP contribution in [0.3, 0.4) is 0 Å². The van der Waals surface area contributed by atoms with Crippen molar-refractivity contribution in [1.29, 1.82) is 0 Å². The molecule has 32 heavy (non-hydrogen) atoms. The Hall–Kier alpha value is -3.65. The summed E-state index contributed by atoms with van der Waals surface area (Å²) in [5, 5.41) is 4.64. The molecule has 1 atom stereocenters. The molecule has 0 saturated carbocycles. The maximum Gasteiger partial charge on any atom is 0.342 e. The monoisotopic (exact) mass is 435 g/mol. The minimum Gasteiger partial charge on any atom is -0.497 e. The van der Waals surface area contributed by atoms with Crippen LogP contribution < -0.4 is 4.74 Å². The first kappa shape index (κ1) is 21.6. The highest BCUT2D eigenvalue weighted by atomic mass is 16.5. The average molecular weight is 435 g/mol. The predicted octanol–water partition coefficient (Wildman–Crippen LogP) is 2.95. The molecule has 0 aliphatic carbocycles. The number of hydrogen-bond donors (Lipinski definition) is 0. The first-order valence-corrected chi connectivity index (χ1v) is 10.4. The summed E-state index contributed by atoms with van der Waals surface area (Å²) in [4.78, 5) is 27.5. The van der Waals surface area contributed by atoms with E-state index in [1.165, 1.54) is 0 Å². The maximum absolute atomic E-state index is 13.1. The summed E-state index contributed by atoms with van der Waals surface area (Å²) in [6.07, 6.45) is 0.706. The molecule has 2 heterocycles. The molecule has 1 aromatic heterocycles. The highest BCUT2D eigenvalue weighted by Crippen LogP contribution is 2.28. The minimum atomic E-state index is -0.918. The molecule has 1 aliphatic rings. The largest absolute Gasteiger partial charge is 0.497 e. The highest BCUT2D eigenvalue weighted by molar-refractivity contribution is 5.97. The number of para-hydroxylation sites is 1. The van der Waals surface area contributed by atoms with Gasteiger partial charge in [0.2, 0.25) is 0 Å². The van der Waals surface area contributed by atoms with Gasteiger partial charge in [0.15, 0.2) is 6.10 Å². The molecule has 8 heteroatoms. The van der Waals surface area contributed by atoms with Crippen molar-refractivity contribution in [2.45, 2.75) is 13.0 Å². The molecular weight excluding hydrogens is 410 g/mol. The average Bonchev–Trinajstić information content (AvgIpc) is 3.30. The van der Waals surface area contributed by atoms with Gasteiger partial charge in [-0.15, -0.1) is 0 Å². The first-order valence-electron chi connectivity index (χ1n) is 10.4. The van der Waals surface area contributed by atoms with Crippen LogP contribution in [0.4, 0.5) is 0 Å². The number of rotatable bonds is 6. The van der Waals surface area contributed by atoms with Crippen molar-refractivity contribution in [2.75, 3.05) is 33.4 Å². The Kier molecular flexibility index (Phi) is 6.51. The molecule has 3 aromatic rings. The summed E-state index contributed by atoms with van der Waals surface area (Å²) >= 11 is 0. The van der Waals surface area contributed by atoms with E-state index in [1.807, 2.05) is 48.5 Å². The second kappa shape index (κ2) is 9.65. The van der Waals surface area contributed by atoms with Gasteiger partial charge < -0.3 is 19.1 Å². The third kappa shape index (κ3) is 4.65. The number of carbonyl (C=O) groups is 2. The molecule has 1 amide bonds. The Labute approximate surface area is 186 Å². The van der Waals surface area contributed by atoms with E-state index in [0.717, 1.165) is 5.69 Å². The van der Waals surface area contributed by atoms with E-state index >= 15 is 0 Å². The number of aromatic nitrogens is 2. The lowest BCUT2D eigenvalue weighted by molar-refractivity contribution is -0.143. The quantitative estimate of drug-likeness (QED) is 0.554. The Morgan fingerprint density at radius 3 is 2.53 bits per heavy atom. The van der Waals surface area contributed by atoms with Gasteiger partial charge in [0.25, 0.3) is 5.91 Å². The van der Waals surface area contributed by atoms with Crippen LogP contribution in [0.5, 0.6) is 5.75 Å². The number of ether oxygens (including phenoxy) is 3. The van der Waals surface area contributed by atoms with Crippen molar-refractivity contribution in [2.24, 2.45) is 0 Å². The molecular formula is C24H25N3O5. The van der Waals surface area contributed by atoms with Crippen molar-refractivity contribution >= 4 is 11.9 Å². The van der Waals surface area contributed by atoms with Crippen LogP contribution in [0.15, 0.2) is 60.8 Å². The second-order valence-corrected chi connectivity index (χ2v) is 7.39. The molecule has 1 aliphatic heterocycles. The van der Waals surface area contributed by atoms with Crippen LogP contribution in [-0.4, -0.2) is 66.1 Å². The number of hydrogen-bond acceptors (Lipinski definition) is 6. The molecule has 166 valence electrons. The Balaban J connectivity index is 1.64. The lowest BCUT2D eigenvalue weighted by Gasteiger charge is -2.28. The van der Waals surface area contributed by atoms with Crippen LogP contribution in [0.1, 0.15) is 17.3 Å². The summed E-state index contributed by atoms with van der Waals surface area (Å²) in [6, 6.07) is 16.8. The number of amides is 1. The Morgan fingerprint density at radius 1 is 1.06 bits per heavy atom. The van der Waals surface area contributed by atoms with E-state index in [0.29, 0.717) is 43.3 Å². The molecule has 0 unspecified atom stereocenters. The van der Waals surface area contributed by atoms with Crippen LogP contribution in [-0.2, 0) is 14.3 Å². The molecule has 0 radical (unpaired) electrons. The fourth-order valence-corrected chi connectivity index (χ4v) is 3.54. The van der Waals surface area contributed by atoms with E-state index in [-0.39, 0.29) is 11.5 Å². The molecule has 0 bridgehead atoms. The maximum atomic E-state index is 13.1. The van der Waals surface area contributed by atoms with Gasteiger partial charge in [0.1, 0.15) is 17.0 Å². The van der Waals surface area contributed by atoms with Crippen molar-refractivity contribution in [3.8, 4) is 22.7 Å². The van der Waals surface area contributed by atoms with Gasteiger partial charge in [-0.3, -0.25) is 4.79 Å². The lowest BCUT2D eigenvalue weighted by atomic mass is 10.1. The number of esters is 1. The third-order valence-electron chi connectivity index (χ3n) is 5.25. The number of methoxy groups -OCH3 is 1. The summed E-state index contributed by atoms with van der Waals surface area (Å²) in [5.74, 6) is -0.203. The number of benzene rings is 2. The number of carbonyl (C=O) groups excluding carboxylic acids is 2. The normalized spacial score (nSPS) is 14.6. The molecule has 1 saturated heterocycles. The molecule has 4 rings (SSSR count). The standard InChI is InChI=1S/C24H25N3O5/c1-17(23(28)26-11-13-31-14-12-26)32-24(29)21-16-27(19-8-4-3-5-9-19)25-22(21)18-7-6-10-20(15-18)30-2/h3-10,15-17H,11-14H2,1-2H3/t17-/m1/s1. The van der Waals surface area contributed by atoms with Gasteiger partial charge in [-0.25, -0.2) is 9.48 Å². The van der Waals surface area contributed by atoms with E-state index in [9.17, 15) is 9.59 Å². The zero-order valence-corrected chi connectivity index (χ0v) is 18.1. The smallest absolute Gasteiger partial charge is 0.342 e. The molecule has 8 nitrogen and oxygen atoms in total. The van der Waals surface area contributed by atoms with Crippen LogP contribution >= 0.6 is 0 Å². The Bertz CT molecular complexity index is 1090. The van der Waals surface area contributed by atoms with Gasteiger partial charge in [-0.2, -0.15) is 5.10 Å². The fraction of sp³-hybridized carbons (Fsp3) is 0.292. The van der Waals surface area contributed by atoms with Crippen LogP contribution in [0.2, 0.25) is 0 Å². The predicted molar refractivity (Wildman–Crippen MR) is 118 cm³/mol. The fourth-order valence-electron chi connectivity index (χ4n) is 3.54. The van der Waals surface area contributed by atoms with Gasteiger partial charge >= 0.3 is 5.97 Å². The van der Waals surface area contributed by atoms with E-state index in [2.05, 4.69) is 5.10 Å². The Morgan fingerprint density at radius 2 is 1.81 bits per heavy atom. The van der Waals surface area contributed by atoms with Crippen molar-refractivity contribution in [3.63, 3.8) is 0 Å². The SMILES string of the molecule is COc1cccc(-c2nn(-c3ccccc3)cc2C(=O)O[C@H](C)C(=O)N2CCOCC2)c1. The van der Waals surface area contributed by atoms with Gasteiger partial charge in [-0.1, -0.05) is 30.3 Å². The summed E-state index contributed by atoms with van der Waals surface area (Å²) in [5.41, 5.74) is 2.22. The number of nitrogens with zero attached hydrogens (tertiary/aromatic N) is 3. The molecule has 0 N–H and O–H groups in total. The molecule has 0 spiro atoms. The van der Waals surface area contributed by atoms with Gasteiger partial charge in [-0.05, 0) is 31.2 Å². The van der Waals surface area contributed by atoms with Crippen molar-refractivity contribution in [1.82, 2.24) is 14.7 Å². The summed E-state index contributed by atoms with van der Waals surface area (Å²) in [7, 11) is 1.58. The summed E-state index contributed by atoms with van der Waals surface area (Å²) in [6.45, 7) is 3.53. The van der Waals surface area contributed by atoms with E-state index < -0.39 is 12.1 Å². The first-order chi connectivity index (χ1) is 15.6. The topological polar surface area (TPSA) is 82.9 Å². The lowest BCUT2D eigenvalue weighted by Crippen LogP contribution is -2.46. The van der Waals surface area contributed by atoms with E-state index in [4.69, 9.17) is 14.2 Å². The number of morpholine rings is 1. The zero-order chi connectivity index (χ0) is 22.5. The van der Waals surface area contributed by atoms with E-state index in [1.54, 1.807) is 35.9 Å². The van der Waals surface area contributed by atoms with Crippen LogP contribution in [0, 0.1) is 0 Å². The molecule has 1 fully saturated rings. The zero-order valence-electron chi connectivity index (χ0n) is 18.1. The van der Waals surface area contributed by atoms with Crippen LogP contribution in [0.25, 0.3) is 16.9 Å². The van der Waals surface area contributed by atoms with Crippen molar-refractivity contribution in [3.05, 3.63) is 66.4 Å².